The lowest BCUT2D eigenvalue weighted by molar-refractivity contribution is 0.246. The fourth-order valence-corrected chi connectivity index (χ4v) is 4.57. The molecule has 0 aliphatic carbocycles. The number of hydrogen-bond acceptors (Lipinski definition) is 5. The zero-order valence-electron chi connectivity index (χ0n) is 11.4. The summed E-state index contributed by atoms with van der Waals surface area (Å²) in [6.45, 7) is 0.417. The van der Waals surface area contributed by atoms with Crippen LogP contribution in [0.4, 0.5) is 0 Å². The van der Waals surface area contributed by atoms with Crippen LogP contribution in [-0.2, 0) is 17.1 Å². The molecule has 114 valence electrons. The van der Waals surface area contributed by atoms with Gasteiger partial charge in [-0.3, -0.25) is 5.10 Å². The highest BCUT2D eigenvalue weighted by Gasteiger charge is 2.38. The molecule has 2 aromatic heterocycles. The van der Waals surface area contributed by atoms with Crippen LogP contribution in [-0.4, -0.2) is 44.0 Å². The Morgan fingerprint density at radius 3 is 2.81 bits per heavy atom. The zero-order valence-corrected chi connectivity index (χ0v) is 13.0. The van der Waals surface area contributed by atoms with Gasteiger partial charge in [0, 0.05) is 13.6 Å². The monoisotopic (exact) mass is 330 g/mol. The number of aromatic nitrogens is 5. The van der Waals surface area contributed by atoms with Crippen molar-refractivity contribution in [2.75, 3.05) is 6.54 Å². The molecular weight excluding hydrogens is 316 g/mol. The summed E-state index contributed by atoms with van der Waals surface area (Å²) in [4.78, 5) is 8.03. The van der Waals surface area contributed by atoms with Crippen LogP contribution in [0.3, 0.4) is 0 Å². The number of nitrogens with one attached hydrogen (secondary N) is 1. The summed E-state index contributed by atoms with van der Waals surface area (Å²) in [7, 11) is -2.11. The number of aromatic amines is 1. The Bertz CT molecular complexity index is 726. The van der Waals surface area contributed by atoms with Crippen molar-refractivity contribution >= 4 is 21.6 Å². The van der Waals surface area contributed by atoms with E-state index in [0.29, 0.717) is 18.8 Å². The Hall–Kier alpha value is -1.45. The highest BCUT2D eigenvalue weighted by Crippen LogP contribution is 2.34. The van der Waals surface area contributed by atoms with Gasteiger partial charge in [-0.25, -0.2) is 18.4 Å². The standard InChI is InChI=1S/C11H15ClN6O2S/c1-17-7-14-11(9(17)12)21(19,20)18-5-3-2-4-8(18)10-13-6-15-16-10/h6-8H,2-5H2,1H3,(H,13,15,16)/t8-/m1/s1. The van der Waals surface area contributed by atoms with E-state index in [0.717, 1.165) is 12.8 Å². The number of aryl methyl sites for hydroxylation is 1. The second-order valence-corrected chi connectivity index (χ2v) is 7.11. The molecule has 0 bridgehead atoms. The van der Waals surface area contributed by atoms with Crippen LogP contribution in [0.1, 0.15) is 31.1 Å². The van der Waals surface area contributed by atoms with Crippen LogP contribution in [0.15, 0.2) is 17.7 Å². The molecule has 2 aromatic rings. The SMILES string of the molecule is Cn1cnc(S(=O)(=O)N2CCCC[C@@H]2c2ncn[nH]2)c1Cl. The largest absolute Gasteiger partial charge is 0.324 e. The molecule has 1 atom stereocenters. The molecule has 1 saturated heterocycles. The molecule has 0 radical (unpaired) electrons. The lowest BCUT2D eigenvalue weighted by Crippen LogP contribution is -2.39. The minimum Gasteiger partial charge on any atom is -0.324 e. The average Bonchev–Trinajstić information content (AvgIpc) is 3.10. The first-order chi connectivity index (χ1) is 10.0. The van der Waals surface area contributed by atoms with Crippen LogP contribution in [0.2, 0.25) is 5.15 Å². The van der Waals surface area contributed by atoms with Crippen molar-refractivity contribution in [1.82, 2.24) is 29.0 Å². The third-order valence-electron chi connectivity index (χ3n) is 3.59. The van der Waals surface area contributed by atoms with Crippen LogP contribution >= 0.6 is 11.6 Å². The first-order valence-electron chi connectivity index (χ1n) is 6.55. The number of piperidine rings is 1. The van der Waals surface area contributed by atoms with Crippen molar-refractivity contribution in [3.05, 3.63) is 23.6 Å². The molecule has 1 aliphatic heterocycles. The highest BCUT2D eigenvalue weighted by atomic mass is 35.5. The number of H-pyrrole nitrogens is 1. The van der Waals surface area contributed by atoms with Gasteiger partial charge in [-0.2, -0.15) is 9.40 Å². The van der Waals surface area contributed by atoms with Crippen LogP contribution in [0.5, 0.6) is 0 Å². The minimum atomic E-state index is -3.77. The molecule has 3 rings (SSSR count). The summed E-state index contributed by atoms with van der Waals surface area (Å²) in [5.74, 6) is 0.547. The number of sulfonamides is 1. The van der Waals surface area contributed by atoms with E-state index in [1.165, 1.54) is 21.5 Å². The van der Waals surface area contributed by atoms with E-state index < -0.39 is 10.0 Å². The number of nitrogens with zero attached hydrogens (tertiary/aromatic N) is 5. The van der Waals surface area contributed by atoms with Crippen molar-refractivity contribution in [3.8, 4) is 0 Å². The van der Waals surface area contributed by atoms with Gasteiger partial charge >= 0.3 is 0 Å². The van der Waals surface area contributed by atoms with Crippen molar-refractivity contribution in [1.29, 1.82) is 0 Å². The number of imidazole rings is 1. The predicted molar refractivity (Wildman–Crippen MR) is 75.1 cm³/mol. The van der Waals surface area contributed by atoms with E-state index >= 15 is 0 Å². The van der Waals surface area contributed by atoms with Crippen molar-refractivity contribution in [3.63, 3.8) is 0 Å². The maximum atomic E-state index is 12.8. The van der Waals surface area contributed by atoms with Gasteiger partial charge in [-0.15, -0.1) is 0 Å². The van der Waals surface area contributed by atoms with Crippen LogP contribution in [0.25, 0.3) is 0 Å². The molecule has 1 aliphatic rings. The number of rotatable bonds is 3. The van der Waals surface area contributed by atoms with E-state index in [2.05, 4.69) is 20.2 Å². The van der Waals surface area contributed by atoms with Gasteiger partial charge in [0.25, 0.3) is 10.0 Å². The minimum absolute atomic E-state index is 0.108. The Morgan fingerprint density at radius 1 is 1.38 bits per heavy atom. The quantitative estimate of drug-likeness (QED) is 0.909. The van der Waals surface area contributed by atoms with E-state index in [9.17, 15) is 8.42 Å². The maximum absolute atomic E-state index is 12.8. The molecule has 0 amide bonds. The third kappa shape index (κ3) is 2.45. The molecule has 0 aromatic carbocycles. The molecular formula is C11H15ClN6O2S. The Labute approximate surface area is 127 Å². The normalized spacial score (nSPS) is 20.8. The fourth-order valence-electron chi connectivity index (χ4n) is 2.52. The van der Waals surface area contributed by atoms with Crippen molar-refractivity contribution in [2.24, 2.45) is 7.05 Å². The van der Waals surface area contributed by atoms with Gasteiger partial charge in [0.15, 0.2) is 0 Å². The number of halogens is 1. The molecule has 21 heavy (non-hydrogen) atoms. The molecule has 1 N–H and O–H groups in total. The Balaban J connectivity index is 2.01. The topological polar surface area (TPSA) is 96.8 Å². The molecule has 0 saturated carbocycles. The summed E-state index contributed by atoms with van der Waals surface area (Å²) >= 11 is 6.04. The van der Waals surface area contributed by atoms with Gasteiger partial charge in [0.1, 0.15) is 17.3 Å². The summed E-state index contributed by atoms with van der Waals surface area (Å²) < 4.78 is 28.5. The summed E-state index contributed by atoms with van der Waals surface area (Å²) in [6, 6.07) is -0.357. The molecule has 1 fully saturated rings. The predicted octanol–water partition coefficient (Wildman–Crippen LogP) is 1.11. The van der Waals surface area contributed by atoms with E-state index in [1.807, 2.05) is 0 Å². The van der Waals surface area contributed by atoms with Crippen molar-refractivity contribution < 1.29 is 8.42 Å². The van der Waals surface area contributed by atoms with Gasteiger partial charge in [0.2, 0.25) is 5.03 Å². The van der Waals surface area contributed by atoms with Crippen LogP contribution < -0.4 is 0 Å². The summed E-state index contributed by atoms with van der Waals surface area (Å²) in [5.41, 5.74) is 0. The highest BCUT2D eigenvalue weighted by molar-refractivity contribution is 7.89. The van der Waals surface area contributed by atoms with E-state index in [1.54, 1.807) is 7.05 Å². The van der Waals surface area contributed by atoms with E-state index in [4.69, 9.17) is 11.6 Å². The fraction of sp³-hybridized carbons (Fsp3) is 0.545. The van der Waals surface area contributed by atoms with Gasteiger partial charge in [-0.05, 0) is 12.8 Å². The first kappa shape index (κ1) is 14.5. The van der Waals surface area contributed by atoms with Gasteiger partial charge in [0.05, 0.1) is 12.4 Å². The molecule has 3 heterocycles. The second kappa shape index (κ2) is 5.39. The average molecular weight is 331 g/mol. The van der Waals surface area contributed by atoms with E-state index in [-0.39, 0.29) is 16.2 Å². The molecule has 0 spiro atoms. The smallest absolute Gasteiger partial charge is 0.264 e. The summed E-state index contributed by atoms with van der Waals surface area (Å²) in [5, 5.41) is 6.55. The lowest BCUT2D eigenvalue weighted by atomic mass is 10.0. The van der Waals surface area contributed by atoms with Crippen LogP contribution in [0, 0.1) is 0 Å². The van der Waals surface area contributed by atoms with Crippen molar-refractivity contribution in [2.45, 2.75) is 30.3 Å². The van der Waals surface area contributed by atoms with Gasteiger partial charge < -0.3 is 4.57 Å². The number of hydrogen-bond donors (Lipinski definition) is 1. The lowest BCUT2D eigenvalue weighted by Gasteiger charge is -2.32. The zero-order chi connectivity index (χ0) is 15.0. The maximum Gasteiger partial charge on any atom is 0.264 e. The molecule has 0 unspecified atom stereocenters. The summed E-state index contributed by atoms with van der Waals surface area (Å²) in [6.07, 6.45) is 5.20. The second-order valence-electron chi connectivity index (χ2n) is 4.95. The van der Waals surface area contributed by atoms with Gasteiger partial charge in [-0.1, -0.05) is 18.0 Å². The Morgan fingerprint density at radius 2 is 2.19 bits per heavy atom. The molecule has 8 nitrogen and oxygen atoms in total. The Kier molecular flexibility index (Phi) is 3.72. The first-order valence-corrected chi connectivity index (χ1v) is 8.37. The molecule has 10 heteroatoms. The third-order valence-corrected chi connectivity index (χ3v) is 5.99.